The smallest absolute Gasteiger partial charge is 0.201 e. The van der Waals surface area contributed by atoms with Gasteiger partial charge in [-0.05, 0) is 216 Å². The molecule has 0 bridgehead atoms. The Hall–Kier alpha value is -3.94. The highest BCUT2D eigenvalue weighted by molar-refractivity contribution is 5.69. The molecule has 3 fully saturated rings. The molecule has 6 aliphatic carbocycles. The van der Waals surface area contributed by atoms with E-state index in [1.165, 1.54) is 103 Å². The molecule has 75 heavy (non-hydrogen) atoms. The number of hydrogen-bond donors (Lipinski definition) is 0. The molecule has 0 aromatic heterocycles. The van der Waals surface area contributed by atoms with Gasteiger partial charge >= 0.3 is 0 Å². The highest BCUT2D eigenvalue weighted by atomic mass is 19.2. The van der Waals surface area contributed by atoms with Gasteiger partial charge in [0.2, 0.25) is 11.6 Å². The Morgan fingerprint density at radius 2 is 0.813 bits per heavy atom. The van der Waals surface area contributed by atoms with Crippen molar-refractivity contribution in [3.05, 3.63) is 112 Å². The lowest BCUT2D eigenvalue weighted by atomic mass is 9.70. The van der Waals surface area contributed by atoms with Gasteiger partial charge in [-0.15, -0.1) is 0 Å². The van der Waals surface area contributed by atoms with Crippen molar-refractivity contribution in [1.29, 1.82) is 0 Å². The molecule has 9 rings (SSSR count). The average Bonchev–Trinajstić information content (AvgIpc) is 3.43. The van der Waals surface area contributed by atoms with E-state index >= 15 is 0 Å². The molecular formula is C67H92F6O2. The van der Waals surface area contributed by atoms with Gasteiger partial charge in [-0.2, -0.15) is 8.78 Å². The molecule has 0 saturated heterocycles. The lowest BCUT2D eigenvalue weighted by Gasteiger charge is -2.35. The fourth-order valence-electron chi connectivity index (χ4n) is 13.8. The van der Waals surface area contributed by atoms with E-state index in [1.807, 2.05) is 6.92 Å². The number of aryl methyl sites for hydroxylation is 1. The van der Waals surface area contributed by atoms with Gasteiger partial charge in [0, 0.05) is 16.7 Å². The predicted octanol–water partition coefficient (Wildman–Crippen LogP) is 21.0. The maximum absolute atomic E-state index is 14.5. The minimum atomic E-state index is -0.862. The van der Waals surface area contributed by atoms with Crippen molar-refractivity contribution in [2.24, 2.45) is 53.3 Å². The Bertz CT molecular complexity index is 2360. The van der Waals surface area contributed by atoms with E-state index < -0.39 is 34.9 Å². The van der Waals surface area contributed by atoms with Crippen molar-refractivity contribution in [3.8, 4) is 11.5 Å². The Morgan fingerprint density at radius 1 is 0.413 bits per heavy atom. The molecule has 0 amide bonds. The maximum atomic E-state index is 14.5. The van der Waals surface area contributed by atoms with Gasteiger partial charge in [-0.3, -0.25) is 0 Å². The summed E-state index contributed by atoms with van der Waals surface area (Å²) in [4.78, 5) is 0. The molecule has 3 atom stereocenters. The maximum Gasteiger partial charge on any atom is 0.201 e. The fraction of sp³-hybridized carbons (Fsp3) is 0.642. The second kappa shape index (κ2) is 29.2. The molecule has 414 valence electrons. The van der Waals surface area contributed by atoms with Crippen molar-refractivity contribution in [2.75, 3.05) is 13.2 Å². The summed E-state index contributed by atoms with van der Waals surface area (Å²) in [6.07, 6.45) is 38.0. The number of hydrogen-bond acceptors (Lipinski definition) is 2. The summed E-state index contributed by atoms with van der Waals surface area (Å²) < 4.78 is 95.7. The van der Waals surface area contributed by atoms with Gasteiger partial charge in [0.25, 0.3) is 0 Å². The van der Waals surface area contributed by atoms with Crippen molar-refractivity contribution in [2.45, 2.75) is 208 Å². The van der Waals surface area contributed by atoms with Crippen LogP contribution in [-0.2, 0) is 0 Å². The number of benzene rings is 3. The summed E-state index contributed by atoms with van der Waals surface area (Å²) in [6, 6.07) is 9.91. The van der Waals surface area contributed by atoms with E-state index in [4.69, 9.17) is 9.47 Å². The average molecular weight is 1040 g/mol. The van der Waals surface area contributed by atoms with Crippen molar-refractivity contribution in [3.63, 3.8) is 0 Å². The number of rotatable bonds is 15. The third-order valence-corrected chi connectivity index (χ3v) is 18.8. The SMILES string of the molecule is CCCCCC1CCC(C2CC=C(c3ccc(C)c(F)c3F)CC2)CC1.CCCOc1ccc(C2=CCC(C3CCC(C)CC3)CC2)c(F)c1F.CCOc1ccc(C2=CCC(C3CCC(C)CC3)CC2)c(F)c1F. The Balaban J connectivity index is 0.000000164. The predicted molar refractivity (Wildman–Crippen MR) is 299 cm³/mol. The molecule has 0 spiro atoms. The lowest BCUT2D eigenvalue weighted by Crippen LogP contribution is -2.23. The molecule has 6 aliphatic rings. The molecule has 3 aromatic carbocycles. The largest absolute Gasteiger partial charge is 0.491 e. The molecular weight excluding hydrogens is 951 g/mol. The molecule has 8 heteroatoms. The lowest BCUT2D eigenvalue weighted by molar-refractivity contribution is 0.187. The number of ether oxygens (including phenoxy) is 2. The summed E-state index contributed by atoms with van der Waals surface area (Å²) in [5.74, 6) is 2.80. The molecule has 0 N–H and O–H groups in total. The van der Waals surface area contributed by atoms with Crippen LogP contribution in [-0.4, -0.2) is 13.2 Å². The van der Waals surface area contributed by atoms with Crippen LogP contribution in [0.1, 0.15) is 224 Å². The fourth-order valence-corrected chi connectivity index (χ4v) is 13.8. The molecule has 3 saturated carbocycles. The van der Waals surface area contributed by atoms with Gasteiger partial charge < -0.3 is 9.47 Å². The summed E-state index contributed by atoms with van der Waals surface area (Å²) in [5, 5.41) is 0. The van der Waals surface area contributed by atoms with Crippen LogP contribution in [0.4, 0.5) is 26.3 Å². The van der Waals surface area contributed by atoms with Gasteiger partial charge in [-0.1, -0.05) is 122 Å². The molecule has 0 heterocycles. The minimum Gasteiger partial charge on any atom is -0.491 e. The third-order valence-electron chi connectivity index (χ3n) is 18.8. The van der Waals surface area contributed by atoms with Crippen LogP contribution in [0.15, 0.2) is 54.6 Å². The first-order chi connectivity index (χ1) is 36.3. The van der Waals surface area contributed by atoms with E-state index in [-0.39, 0.29) is 11.5 Å². The minimum absolute atomic E-state index is 0.00404. The summed E-state index contributed by atoms with van der Waals surface area (Å²) in [5.41, 5.74) is 4.60. The first kappa shape index (κ1) is 58.7. The van der Waals surface area contributed by atoms with Crippen molar-refractivity contribution in [1.82, 2.24) is 0 Å². The number of allylic oxidation sites excluding steroid dienone is 6. The zero-order valence-electron chi connectivity index (χ0n) is 46.8. The number of halogens is 6. The summed E-state index contributed by atoms with van der Waals surface area (Å²) >= 11 is 0. The zero-order valence-corrected chi connectivity index (χ0v) is 46.8. The van der Waals surface area contributed by atoms with E-state index in [2.05, 4.69) is 39.0 Å². The van der Waals surface area contributed by atoms with Crippen molar-refractivity contribution >= 4 is 16.7 Å². The first-order valence-corrected chi connectivity index (χ1v) is 30.0. The van der Waals surface area contributed by atoms with Crippen LogP contribution in [0.3, 0.4) is 0 Å². The Labute approximate surface area is 449 Å². The van der Waals surface area contributed by atoms with Crippen LogP contribution in [0.5, 0.6) is 11.5 Å². The van der Waals surface area contributed by atoms with Crippen LogP contribution in [0, 0.1) is 95.1 Å². The molecule has 2 nitrogen and oxygen atoms in total. The highest BCUT2D eigenvalue weighted by Crippen LogP contribution is 2.46. The third kappa shape index (κ3) is 15.9. The first-order valence-electron chi connectivity index (χ1n) is 30.0. The van der Waals surface area contributed by atoms with Gasteiger partial charge in [-0.25, -0.2) is 17.6 Å². The zero-order chi connectivity index (χ0) is 53.4. The second-order valence-corrected chi connectivity index (χ2v) is 23.9. The Morgan fingerprint density at radius 3 is 1.20 bits per heavy atom. The van der Waals surface area contributed by atoms with Crippen LogP contribution in [0.2, 0.25) is 0 Å². The van der Waals surface area contributed by atoms with E-state index in [1.54, 1.807) is 50.2 Å². The molecule has 0 aliphatic heterocycles. The van der Waals surface area contributed by atoms with Crippen LogP contribution >= 0.6 is 0 Å². The summed E-state index contributed by atoms with van der Waals surface area (Å²) in [7, 11) is 0. The number of unbranched alkanes of at least 4 members (excludes halogenated alkanes) is 2. The second-order valence-electron chi connectivity index (χ2n) is 23.9. The topological polar surface area (TPSA) is 18.5 Å². The molecule has 0 radical (unpaired) electrons. The normalized spacial score (nSPS) is 27.1. The van der Waals surface area contributed by atoms with Crippen LogP contribution in [0.25, 0.3) is 16.7 Å². The Kier molecular flexibility index (Phi) is 22.8. The quantitative estimate of drug-likeness (QED) is 0.112. The van der Waals surface area contributed by atoms with Gasteiger partial charge in [0.1, 0.15) is 0 Å². The van der Waals surface area contributed by atoms with Gasteiger partial charge in [0.15, 0.2) is 34.8 Å². The summed E-state index contributed by atoms with van der Waals surface area (Å²) in [6.45, 7) is 13.0. The van der Waals surface area contributed by atoms with E-state index in [0.717, 1.165) is 134 Å². The van der Waals surface area contributed by atoms with Crippen LogP contribution < -0.4 is 9.47 Å². The molecule has 3 aromatic rings. The molecule has 3 unspecified atom stereocenters. The van der Waals surface area contributed by atoms with E-state index in [0.29, 0.717) is 35.5 Å². The van der Waals surface area contributed by atoms with E-state index in [9.17, 15) is 26.3 Å². The highest BCUT2D eigenvalue weighted by Gasteiger charge is 2.32. The van der Waals surface area contributed by atoms with Gasteiger partial charge in [0.05, 0.1) is 13.2 Å². The standard InChI is InChI=1S/C24H34F2.C22H30F2O.C21H28F2O/c1-3-4-5-6-18-8-10-19(11-9-18)20-12-14-21(15-13-20)22-16-7-17(2)23(25)24(22)26;1-3-14-25-20-13-12-19(21(23)22(20)24)18-10-8-17(9-11-18)16-6-4-15(2)5-7-16;1-3-24-19-13-12-18(20(22)21(19)23)17-10-8-16(9-11-17)15-6-4-14(2)5-7-15/h7,14,16,18-20H,3-6,8-13,15H2,1-2H3;10,12-13,15-17H,3-9,11,14H2,1-2H3;10,12-16H,3-9,11H2,1-2H3. The monoisotopic (exact) mass is 1040 g/mol. The van der Waals surface area contributed by atoms with Crippen molar-refractivity contribution < 1.29 is 35.8 Å².